The molecule has 8 atom stereocenters. The summed E-state index contributed by atoms with van der Waals surface area (Å²) in [7, 11) is 1.35. The van der Waals surface area contributed by atoms with Gasteiger partial charge >= 0.3 is 0 Å². The van der Waals surface area contributed by atoms with Gasteiger partial charge in [0, 0.05) is 0 Å². The van der Waals surface area contributed by atoms with Crippen LogP contribution in [0.3, 0.4) is 0 Å². The molecule has 0 spiro atoms. The van der Waals surface area contributed by atoms with Crippen molar-refractivity contribution in [3.8, 4) is 34.1 Å². The van der Waals surface area contributed by atoms with E-state index in [9.17, 15) is 45.6 Å². The standard InChI is InChI=1S/C27H30O15/c1-37-16-6-11(2-4-14(16)29)13-7-38-22-12(18(13)31)3-5-15(30)23(22)42-25-21(34)20(33)19(32)17(41-25)8-39-26-24(35)27(36,9-28)10-40-26/h2-7,17,19-21,24-26,28-30,32-36H,8-10H2,1H3/t17-,19-,20+,21-,24+,25+,26+,27-/m1/s1. The maximum Gasteiger partial charge on any atom is 0.229 e. The first-order chi connectivity index (χ1) is 20.0. The second kappa shape index (κ2) is 11.6. The molecule has 2 saturated heterocycles. The Kier molecular flexibility index (Phi) is 8.30. The number of benzene rings is 2. The number of fused-ring (bicyclic) bond motifs is 1. The minimum absolute atomic E-state index is 0.0261. The number of aliphatic hydroxyl groups excluding tert-OH is 5. The Balaban J connectivity index is 1.39. The molecular formula is C27H30O15. The van der Waals surface area contributed by atoms with E-state index in [2.05, 4.69) is 0 Å². The Morgan fingerprint density at radius 1 is 1.00 bits per heavy atom. The Labute approximate surface area is 236 Å². The first-order valence-electron chi connectivity index (χ1n) is 12.7. The molecule has 15 nitrogen and oxygen atoms in total. The van der Waals surface area contributed by atoms with Crippen LogP contribution >= 0.6 is 0 Å². The SMILES string of the molecule is COc1cc(-c2coc3c(O[C@@H]4O[C@H](CO[C@H]5OC[C@](O)(CO)[C@H]5O)[C@@H](O)[C@H](O)[C@H]4O)c(O)ccc3c2=O)ccc1O. The summed E-state index contributed by atoms with van der Waals surface area (Å²) in [6.45, 7) is -1.75. The monoisotopic (exact) mass is 594 g/mol. The molecule has 2 aliphatic heterocycles. The summed E-state index contributed by atoms with van der Waals surface area (Å²) < 4.78 is 32.5. The van der Waals surface area contributed by atoms with Gasteiger partial charge in [-0.05, 0) is 29.8 Å². The van der Waals surface area contributed by atoms with Gasteiger partial charge in [-0.2, -0.15) is 0 Å². The second-order valence-electron chi connectivity index (χ2n) is 10.0. The highest BCUT2D eigenvalue weighted by Gasteiger charge is 2.50. The fourth-order valence-electron chi connectivity index (χ4n) is 4.71. The van der Waals surface area contributed by atoms with Crippen molar-refractivity contribution in [1.82, 2.24) is 0 Å². The Morgan fingerprint density at radius 2 is 1.74 bits per heavy atom. The average Bonchev–Trinajstić information content (AvgIpc) is 3.27. The number of phenolic OH excluding ortho intramolecular Hbond substituents is 2. The molecule has 0 radical (unpaired) electrons. The molecule has 8 N–H and O–H groups in total. The van der Waals surface area contributed by atoms with E-state index in [0.717, 1.165) is 12.3 Å². The Hall–Kier alpha value is -3.51. The van der Waals surface area contributed by atoms with Crippen molar-refractivity contribution in [2.45, 2.75) is 48.7 Å². The number of aliphatic hydroxyl groups is 6. The van der Waals surface area contributed by atoms with Crippen LogP contribution in [-0.2, 0) is 14.2 Å². The van der Waals surface area contributed by atoms with Crippen molar-refractivity contribution in [3.05, 3.63) is 46.8 Å². The molecule has 3 aromatic rings. The van der Waals surface area contributed by atoms with Crippen molar-refractivity contribution in [1.29, 1.82) is 0 Å². The van der Waals surface area contributed by atoms with Crippen LogP contribution in [0.1, 0.15) is 0 Å². The second-order valence-corrected chi connectivity index (χ2v) is 10.0. The van der Waals surface area contributed by atoms with Gasteiger partial charge in [0.2, 0.25) is 17.5 Å². The zero-order valence-electron chi connectivity index (χ0n) is 22.1. The van der Waals surface area contributed by atoms with Crippen LogP contribution in [0.5, 0.6) is 23.0 Å². The Bertz CT molecular complexity index is 1490. The summed E-state index contributed by atoms with van der Waals surface area (Å²) in [5, 5.41) is 81.4. The number of aromatic hydroxyl groups is 2. The zero-order chi connectivity index (χ0) is 30.3. The van der Waals surface area contributed by atoms with E-state index in [1.165, 1.54) is 31.4 Å². The number of methoxy groups -OCH3 is 1. The molecule has 42 heavy (non-hydrogen) atoms. The summed E-state index contributed by atoms with van der Waals surface area (Å²) in [4.78, 5) is 13.3. The molecule has 5 rings (SSSR count). The lowest BCUT2D eigenvalue weighted by molar-refractivity contribution is -0.289. The lowest BCUT2D eigenvalue weighted by Gasteiger charge is -2.40. The minimum atomic E-state index is -1.96. The fourth-order valence-corrected chi connectivity index (χ4v) is 4.71. The number of hydrogen-bond donors (Lipinski definition) is 8. The van der Waals surface area contributed by atoms with Gasteiger partial charge in [-0.1, -0.05) is 6.07 Å². The first kappa shape index (κ1) is 30.0. The van der Waals surface area contributed by atoms with Crippen molar-refractivity contribution >= 4 is 11.0 Å². The molecular weight excluding hydrogens is 564 g/mol. The molecule has 0 saturated carbocycles. The summed E-state index contributed by atoms with van der Waals surface area (Å²) >= 11 is 0. The van der Waals surface area contributed by atoms with Crippen molar-refractivity contribution in [2.75, 3.05) is 26.9 Å². The summed E-state index contributed by atoms with van der Waals surface area (Å²) in [5.41, 5.74) is -2.23. The quantitative estimate of drug-likeness (QED) is 0.148. The third-order valence-corrected chi connectivity index (χ3v) is 7.27. The van der Waals surface area contributed by atoms with Gasteiger partial charge in [-0.15, -0.1) is 0 Å². The summed E-state index contributed by atoms with van der Waals surface area (Å²) in [6.07, 6.45) is -10.4. The molecule has 2 fully saturated rings. The van der Waals surface area contributed by atoms with Crippen LogP contribution in [0.15, 0.2) is 45.8 Å². The van der Waals surface area contributed by atoms with Gasteiger partial charge in [0.1, 0.15) is 42.4 Å². The predicted octanol–water partition coefficient (Wildman–Crippen LogP) is -1.48. The van der Waals surface area contributed by atoms with Crippen LogP contribution in [0, 0.1) is 0 Å². The van der Waals surface area contributed by atoms with Gasteiger partial charge < -0.3 is 69.0 Å². The number of phenols is 2. The smallest absolute Gasteiger partial charge is 0.229 e. The van der Waals surface area contributed by atoms with Gasteiger partial charge in [0.25, 0.3) is 0 Å². The van der Waals surface area contributed by atoms with Gasteiger partial charge in [-0.25, -0.2) is 0 Å². The van der Waals surface area contributed by atoms with E-state index in [1.54, 1.807) is 0 Å². The van der Waals surface area contributed by atoms with E-state index in [1.807, 2.05) is 0 Å². The van der Waals surface area contributed by atoms with Gasteiger partial charge in [0.15, 0.2) is 29.1 Å². The van der Waals surface area contributed by atoms with Crippen LogP contribution < -0.4 is 14.9 Å². The van der Waals surface area contributed by atoms with Gasteiger partial charge in [0.05, 0.1) is 37.9 Å². The van der Waals surface area contributed by atoms with Crippen LogP contribution in [0.25, 0.3) is 22.1 Å². The predicted molar refractivity (Wildman–Crippen MR) is 139 cm³/mol. The molecule has 15 heteroatoms. The molecule has 0 aliphatic carbocycles. The largest absolute Gasteiger partial charge is 0.504 e. The molecule has 2 aliphatic rings. The molecule has 3 heterocycles. The van der Waals surface area contributed by atoms with E-state index in [-0.39, 0.29) is 28.0 Å². The third kappa shape index (κ3) is 5.26. The molecule has 0 bridgehead atoms. The Morgan fingerprint density at radius 3 is 2.43 bits per heavy atom. The normalized spacial score (nSPS) is 31.4. The topological polar surface area (TPSA) is 238 Å². The van der Waals surface area contributed by atoms with Crippen LogP contribution in [-0.4, -0.2) is 116 Å². The highest BCUT2D eigenvalue weighted by molar-refractivity contribution is 5.88. The number of rotatable bonds is 8. The average molecular weight is 595 g/mol. The third-order valence-electron chi connectivity index (χ3n) is 7.27. The van der Waals surface area contributed by atoms with Crippen LogP contribution in [0.2, 0.25) is 0 Å². The molecule has 1 aromatic heterocycles. The van der Waals surface area contributed by atoms with Crippen molar-refractivity contribution < 1.29 is 69.0 Å². The molecule has 2 aromatic carbocycles. The number of ether oxygens (including phenoxy) is 5. The minimum Gasteiger partial charge on any atom is -0.504 e. The van der Waals surface area contributed by atoms with Crippen LogP contribution in [0.4, 0.5) is 0 Å². The van der Waals surface area contributed by atoms with E-state index in [0.29, 0.717) is 5.56 Å². The maximum atomic E-state index is 13.3. The fraction of sp³-hybridized carbons (Fsp3) is 0.444. The van der Waals surface area contributed by atoms with E-state index in [4.69, 9.17) is 28.1 Å². The lowest BCUT2D eigenvalue weighted by Crippen LogP contribution is -2.60. The van der Waals surface area contributed by atoms with Crippen molar-refractivity contribution in [3.63, 3.8) is 0 Å². The molecule has 0 unspecified atom stereocenters. The highest BCUT2D eigenvalue weighted by Crippen LogP contribution is 2.38. The van der Waals surface area contributed by atoms with Crippen molar-refractivity contribution in [2.24, 2.45) is 0 Å². The van der Waals surface area contributed by atoms with E-state index >= 15 is 0 Å². The summed E-state index contributed by atoms with van der Waals surface area (Å²) in [6, 6.07) is 6.70. The van der Waals surface area contributed by atoms with Gasteiger partial charge in [-0.3, -0.25) is 4.79 Å². The molecule has 0 amide bonds. The first-order valence-corrected chi connectivity index (χ1v) is 12.7. The van der Waals surface area contributed by atoms with E-state index < -0.39 is 85.4 Å². The lowest BCUT2D eigenvalue weighted by atomic mass is 9.99. The highest BCUT2D eigenvalue weighted by atomic mass is 16.7. The molecule has 228 valence electrons. The number of hydrogen-bond acceptors (Lipinski definition) is 15. The maximum absolute atomic E-state index is 13.3. The summed E-state index contributed by atoms with van der Waals surface area (Å²) in [5.74, 6) is -0.913. The zero-order valence-corrected chi connectivity index (χ0v) is 22.1.